The molecule has 1 aliphatic heterocycles. The fraction of sp³-hybridized carbons (Fsp3) is 0.625. The highest BCUT2D eigenvalue weighted by molar-refractivity contribution is 5.55. The number of aryl methyl sites for hydroxylation is 1. The van der Waals surface area contributed by atoms with Gasteiger partial charge in [-0.1, -0.05) is 19.1 Å². The van der Waals surface area contributed by atoms with Crippen LogP contribution in [0.1, 0.15) is 30.9 Å². The molecule has 3 heteroatoms. The Kier molecular flexibility index (Phi) is 4.83. The molecule has 1 N–H and O–H groups in total. The number of aliphatic hydroxyl groups excluding tert-OH is 1. The van der Waals surface area contributed by atoms with Crippen LogP contribution in [-0.2, 0) is 13.0 Å². The zero-order chi connectivity index (χ0) is 13.8. The number of anilines is 1. The SMILES string of the molecule is CCc1ccc(N2CCC(N(C)C)CC2)c(CO)c1. The van der Waals surface area contributed by atoms with Crippen LogP contribution in [0, 0.1) is 0 Å². The monoisotopic (exact) mass is 262 g/mol. The molecule has 0 atom stereocenters. The third kappa shape index (κ3) is 3.28. The van der Waals surface area contributed by atoms with Crippen molar-refractivity contribution < 1.29 is 5.11 Å². The van der Waals surface area contributed by atoms with Gasteiger partial charge < -0.3 is 14.9 Å². The number of benzene rings is 1. The van der Waals surface area contributed by atoms with E-state index in [1.54, 1.807) is 0 Å². The van der Waals surface area contributed by atoms with E-state index in [1.807, 2.05) is 0 Å². The molecule has 1 fully saturated rings. The van der Waals surface area contributed by atoms with E-state index in [9.17, 15) is 5.11 Å². The number of aliphatic hydroxyl groups is 1. The highest BCUT2D eigenvalue weighted by atomic mass is 16.3. The van der Waals surface area contributed by atoms with Crippen LogP contribution in [0.4, 0.5) is 5.69 Å². The van der Waals surface area contributed by atoms with Gasteiger partial charge in [0.05, 0.1) is 6.61 Å². The van der Waals surface area contributed by atoms with Crippen LogP contribution < -0.4 is 4.90 Å². The van der Waals surface area contributed by atoms with E-state index in [4.69, 9.17) is 0 Å². The molecule has 1 aromatic rings. The van der Waals surface area contributed by atoms with Crippen molar-refractivity contribution in [3.05, 3.63) is 29.3 Å². The van der Waals surface area contributed by atoms with Gasteiger partial charge in [-0.3, -0.25) is 0 Å². The predicted molar refractivity (Wildman–Crippen MR) is 80.7 cm³/mol. The van der Waals surface area contributed by atoms with E-state index >= 15 is 0 Å². The van der Waals surface area contributed by atoms with Gasteiger partial charge >= 0.3 is 0 Å². The summed E-state index contributed by atoms with van der Waals surface area (Å²) in [4.78, 5) is 4.75. The van der Waals surface area contributed by atoms with Gasteiger partial charge in [-0.15, -0.1) is 0 Å². The van der Waals surface area contributed by atoms with Crippen molar-refractivity contribution in [2.45, 2.75) is 38.8 Å². The smallest absolute Gasteiger partial charge is 0.0702 e. The molecular formula is C16H26N2O. The lowest BCUT2D eigenvalue weighted by Gasteiger charge is -2.37. The summed E-state index contributed by atoms with van der Waals surface area (Å²) in [6, 6.07) is 7.21. The van der Waals surface area contributed by atoms with Crippen LogP contribution in [0.2, 0.25) is 0 Å². The first-order valence-corrected chi connectivity index (χ1v) is 7.29. The lowest BCUT2D eigenvalue weighted by Crippen LogP contribution is -2.42. The van der Waals surface area contributed by atoms with E-state index in [2.05, 4.69) is 49.0 Å². The summed E-state index contributed by atoms with van der Waals surface area (Å²) < 4.78 is 0. The molecule has 1 aliphatic rings. The molecule has 0 bridgehead atoms. The molecular weight excluding hydrogens is 236 g/mol. The van der Waals surface area contributed by atoms with Crippen LogP contribution in [-0.4, -0.2) is 43.2 Å². The van der Waals surface area contributed by atoms with E-state index in [0.717, 1.165) is 25.1 Å². The van der Waals surface area contributed by atoms with Crippen molar-refractivity contribution in [1.82, 2.24) is 4.90 Å². The Morgan fingerprint density at radius 2 is 1.95 bits per heavy atom. The van der Waals surface area contributed by atoms with Crippen LogP contribution >= 0.6 is 0 Å². The van der Waals surface area contributed by atoms with Crippen molar-refractivity contribution in [3.63, 3.8) is 0 Å². The Bertz CT molecular complexity index is 409. The molecule has 106 valence electrons. The van der Waals surface area contributed by atoms with Crippen molar-refractivity contribution in [2.75, 3.05) is 32.1 Å². The van der Waals surface area contributed by atoms with E-state index in [0.29, 0.717) is 6.04 Å². The van der Waals surface area contributed by atoms with Gasteiger partial charge in [-0.05, 0) is 45.0 Å². The van der Waals surface area contributed by atoms with Gasteiger partial charge in [0.1, 0.15) is 0 Å². The highest BCUT2D eigenvalue weighted by Gasteiger charge is 2.22. The van der Waals surface area contributed by atoms with Crippen molar-refractivity contribution in [3.8, 4) is 0 Å². The van der Waals surface area contributed by atoms with Gasteiger partial charge in [0.15, 0.2) is 0 Å². The Morgan fingerprint density at radius 3 is 2.47 bits per heavy atom. The summed E-state index contributed by atoms with van der Waals surface area (Å²) in [5, 5.41) is 9.57. The van der Waals surface area contributed by atoms with Crippen LogP contribution in [0.3, 0.4) is 0 Å². The number of piperidine rings is 1. The van der Waals surface area contributed by atoms with Gasteiger partial charge in [-0.25, -0.2) is 0 Å². The highest BCUT2D eigenvalue weighted by Crippen LogP contribution is 2.26. The van der Waals surface area contributed by atoms with E-state index < -0.39 is 0 Å². The maximum Gasteiger partial charge on any atom is 0.0702 e. The number of nitrogens with zero attached hydrogens (tertiary/aromatic N) is 2. The number of hydrogen-bond acceptors (Lipinski definition) is 3. The van der Waals surface area contributed by atoms with Gasteiger partial charge in [-0.2, -0.15) is 0 Å². The molecule has 2 rings (SSSR count). The van der Waals surface area contributed by atoms with Gasteiger partial charge in [0.2, 0.25) is 0 Å². The molecule has 0 radical (unpaired) electrons. The summed E-state index contributed by atoms with van der Waals surface area (Å²) in [5.41, 5.74) is 3.59. The topological polar surface area (TPSA) is 26.7 Å². The molecule has 3 nitrogen and oxygen atoms in total. The Labute approximate surface area is 116 Å². The number of rotatable bonds is 4. The quantitative estimate of drug-likeness (QED) is 0.902. The first kappa shape index (κ1) is 14.4. The largest absolute Gasteiger partial charge is 0.392 e. The second-order valence-corrected chi connectivity index (χ2v) is 5.66. The van der Waals surface area contributed by atoms with Crippen molar-refractivity contribution in [2.24, 2.45) is 0 Å². The molecule has 0 aliphatic carbocycles. The van der Waals surface area contributed by atoms with Crippen LogP contribution in [0.15, 0.2) is 18.2 Å². The van der Waals surface area contributed by atoms with E-state index in [-0.39, 0.29) is 6.61 Å². The predicted octanol–water partition coefficient (Wildman–Crippen LogP) is 2.27. The lowest BCUT2D eigenvalue weighted by atomic mass is 10.0. The molecule has 1 heterocycles. The summed E-state index contributed by atoms with van der Waals surface area (Å²) >= 11 is 0. The molecule has 0 aromatic heterocycles. The average Bonchev–Trinajstić information content (AvgIpc) is 2.46. The fourth-order valence-corrected chi connectivity index (χ4v) is 2.92. The summed E-state index contributed by atoms with van der Waals surface area (Å²) in [6.07, 6.45) is 3.43. The van der Waals surface area contributed by atoms with E-state index in [1.165, 1.54) is 24.1 Å². The Morgan fingerprint density at radius 1 is 1.26 bits per heavy atom. The average molecular weight is 262 g/mol. The minimum Gasteiger partial charge on any atom is -0.392 e. The normalized spacial score (nSPS) is 17.2. The fourth-order valence-electron chi connectivity index (χ4n) is 2.92. The summed E-state index contributed by atoms with van der Waals surface area (Å²) in [7, 11) is 4.32. The standard InChI is InChI=1S/C16H26N2O/c1-4-13-5-6-16(14(11-13)12-19)18-9-7-15(8-10-18)17(2)3/h5-6,11,15,19H,4,7-10,12H2,1-3H3. The lowest BCUT2D eigenvalue weighted by molar-refractivity contribution is 0.248. The maximum absolute atomic E-state index is 9.57. The van der Waals surface area contributed by atoms with Crippen molar-refractivity contribution in [1.29, 1.82) is 0 Å². The summed E-state index contributed by atoms with van der Waals surface area (Å²) in [5.74, 6) is 0. The summed E-state index contributed by atoms with van der Waals surface area (Å²) in [6.45, 7) is 4.46. The Balaban J connectivity index is 2.10. The van der Waals surface area contributed by atoms with Gasteiger partial charge in [0.25, 0.3) is 0 Å². The third-order valence-electron chi connectivity index (χ3n) is 4.26. The third-order valence-corrected chi connectivity index (χ3v) is 4.26. The molecule has 0 amide bonds. The molecule has 1 aromatic carbocycles. The minimum atomic E-state index is 0.136. The molecule has 0 spiro atoms. The molecule has 1 saturated heterocycles. The zero-order valence-corrected chi connectivity index (χ0v) is 12.4. The van der Waals surface area contributed by atoms with Crippen LogP contribution in [0.25, 0.3) is 0 Å². The molecule has 19 heavy (non-hydrogen) atoms. The number of hydrogen-bond donors (Lipinski definition) is 1. The van der Waals surface area contributed by atoms with Crippen LogP contribution in [0.5, 0.6) is 0 Å². The van der Waals surface area contributed by atoms with Crippen molar-refractivity contribution >= 4 is 5.69 Å². The first-order valence-electron chi connectivity index (χ1n) is 7.29. The Hall–Kier alpha value is -1.06. The zero-order valence-electron chi connectivity index (χ0n) is 12.4. The van der Waals surface area contributed by atoms with Gasteiger partial charge in [0, 0.05) is 30.4 Å². The first-order chi connectivity index (χ1) is 9.15. The molecule has 0 saturated carbocycles. The second-order valence-electron chi connectivity index (χ2n) is 5.66. The molecule has 0 unspecified atom stereocenters. The second kappa shape index (κ2) is 6.40. The maximum atomic E-state index is 9.57. The minimum absolute atomic E-state index is 0.136.